The summed E-state index contributed by atoms with van der Waals surface area (Å²) in [6, 6.07) is 5.58. The molecule has 2 N–H and O–H groups in total. The minimum Gasteiger partial charge on any atom is -0.450 e. The van der Waals surface area contributed by atoms with Crippen molar-refractivity contribution in [2.75, 3.05) is 13.2 Å². The van der Waals surface area contributed by atoms with Crippen molar-refractivity contribution in [1.82, 2.24) is 10.6 Å². The van der Waals surface area contributed by atoms with Gasteiger partial charge in [-0.25, -0.2) is 4.79 Å². The number of amides is 2. The van der Waals surface area contributed by atoms with E-state index in [2.05, 4.69) is 24.5 Å². The average molecular weight is 320 g/mol. The molecular weight excluding hydrogens is 292 g/mol. The third-order valence-electron chi connectivity index (χ3n) is 3.49. The summed E-state index contributed by atoms with van der Waals surface area (Å²) >= 11 is 0. The largest absolute Gasteiger partial charge is 0.450 e. The summed E-state index contributed by atoms with van der Waals surface area (Å²) in [6.07, 6.45) is 0.324. The molecule has 0 saturated heterocycles. The third-order valence-corrected chi connectivity index (χ3v) is 3.49. The van der Waals surface area contributed by atoms with E-state index in [4.69, 9.17) is 4.74 Å². The molecular formula is C18H28N2O3. The van der Waals surface area contributed by atoms with Gasteiger partial charge in [-0.05, 0) is 44.7 Å². The Morgan fingerprint density at radius 3 is 2.48 bits per heavy atom. The maximum Gasteiger partial charge on any atom is 0.407 e. The maximum atomic E-state index is 12.3. The Hall–Kier alpha value is -2.04. The van der Waals surface area contributed by atoms with Crippen molar-refractivity contribution >= 4 is 12.0 Å². The summed E-state index contributed by atoms with van der Waals surface area (Å²) in [6.45, 7) is 10.5. The first-order valence-electron chi connectivity index (χ1n) is 8.12. The summed E-state index contributed by atoms with van der Waals surface area (Å²) in [5.41, 5.74) is 2.73. The van der Waals surface area contributed by atoms with Crippen molar-refractivity contribution < 1.29 is 14.3 Å². The number of benzene rings is 1. The number of nitrogens with one attached hydrogen (secondary N) is 2. The Labute approximate surface area is 138 Å². The molecule has 0 aliphatic heterocycles. The van der Waals surface area contributed by atoms with E-state index in [9.17, 15) is 9.59 Å². The Balaban J connectivity index is 2.65. The monoisotopic (exact) mass is 320 g/mol. The second-order valence-electron chi connectivity index (χ2n) is 6.22. The zero-order valence-electron chi connectivity index (χ0n) is 14.7. The summed E-state index contributed by atoms with van der Waals surface area (Å²) in [4.78, 5) is 23.9. The fourth-order valence-electron chi connectivity index (χ4n) is 2.48. The van der Waals surface area contributed by atoms with Gasteiger partial charge in [0, 0.05) is 18.2 Å². The van der Waals surface area contributed by atoms with Crippen LogP contribution in [-0.4, -0.2) is 31.2 Å². The van der Waals surface area contributed by atoms with Crippen molar-refractivity contribution in [2.45, 2.75) is 47.1 Å². The molecule has 0 heterocycles. The number of alkyl carbamates (subject to hydrolysis) is 1. The van der Waals surface area contributed by atoms with Crippen LogP contribution < -0.4 is 10.6 Å². The van der Waals surface area contributed by atoms with E-state index in [0.717, 1.165) is 17.5 Å². The molecule has 0 fully saturated rings. The summed E-state index contributed by atoms with van der Waals surface area (Å²) < 4.78 is 4.91. The highest BCUT2D eigenvalue weighted by atomic mass is 16.5. The fourth-order valence-corrected chi connectivity index (χ4v) is 2.48. The minimum atomic E-state index is -0.445. The normalized spacial score (nSPS) is 11.9. The molecule has 0 aliphatic rings. The van der Waals surface area contributed by atoms with E-state index in [1.807, 2.05) is 32.0 Å². The van der Waals surface area contributed by atoms with Crippen LogP contribution in [0.15, 0.2) is 18.2 Å². The number of carbonyl (C=O) groups is 2. The zero-order valence-corrected chi connectivity index (χ0v) is 14.7. The SMILES string of the molecule is CCOC(=O)N[C@H](CNC(=O)c1ccc(C)cc1C)CC(C)C. The molecule has 0 bridgehead atoms. The van der Waals surface area contributed by atoms with Gasteiger partial charge < -0.3 is 15.4 Å². The van der Waals surface area contributed by atoms with Crippen LogP contribution in [0.5, 0.6) is 0 Å². The molecule has 0 spiro atoms. The van der Waals surface area contributed by atoms with Crippen molar-refractivity contribution in [3.8, 4) is 0 Å². The Morgan fingerprint density at radius 2 is 1.91 bits per heavy atom. The van der Waals surface area contributed by atoms with Gasteiger partial charge in [-0.1, -0.05) is 31.5 Å². The number of rotatable bonds is 7. The molecule has 1 aromatic rings. The standard InChI is InChI=1S/C18H28N2O3/c1-6-23-18(22)20-15(9-12(2)3)11-19-17(21)16-8-7-13(4)10-14(16)5/h7-8,10,12,15H,6,9,11H2,1-5H3,(H,19,21)(H,20,22)/t15-/m0/s1. The van der Waals surface area contributed by atoms with Gasteiger partial charge in [0.1, 0.15) is 0 Å². The van der Waals surface area contributed by atoms with E-state index >= 15 is 0 Å². The predicted molar refractivity (Wildman–Crippen MR) is 91.6 cm³/mol. The summed E-state index contributed by atoms with van der Waals surface area (Å²) in [5.74, 6) is 0.279. The van der Waals surface area contributed by atoms with Crippen LogP contribution in [-0.2, 0) is 4.74 Å². The zero-order chi connectivity index (χ0) is 17.4. The van der Waals surface area contributed by atoms with Crippen LogP contribution in [0.2, 0.25) is 0 Å². The van der Waals surface area contributed by atoms with Crippen LogP contribution in [0.25, 0.3) is 0 Å². The van der Waals surface area contributed by atoms with Crippen molar-refractivity contribution in [1.29, 1.82) is 0 Å². The van der Waals surface area contributed by atoms with Gasteiger partial charge in [-0.2, -0.15) is 0 Å². The number of hydrogen-bond acceptors (Lipinski definition) is 3. The molecule has 0 aromatic heterocycles. The molecule has 1 aromatic carbocycles. The van der Waals surface area contributed by atoms with E-state index in [1.165, 1.54) is 0 Å². The molecule has 0 saturated carbocycles. The summed E-state index contributed by atoms with van der Waals surface area (Å²) in [5, 5.41) is 5.71. The quantitative estimate of drug-likeness (QED) is 0.811. The first-order valence-corrected chi connectivity index (χ1v) is 8.12. The van der Waals surface area contributed by atoms with Gasteiger partial charge in [0.2, 0.25) is 0 Å². The van der Waals surface area contributed by atoms with Crippen molar-refractivity contribution in [2.24, 2.45) is 5.92 Å². The Morgan fingerprint density at radius 1 is 1.22 bits per heavy atom. The van der Waals surface area contributed by atoms with Gasteiger partial charge in [0.05, 0.1) is 6.61 Å². The summed E-state index contributed by atoms with van der Waals surface area (Å²) in [7, 11) is 0. The molecule has 1 rings (SSSR count). The van der Waals surface area contributed by atoms with Gasteiger partial charge in [0.25, 0.3) is 5.91 Å². The van der Waals surface area contributed by atoms with Gasteiger partial charge >= 0.3 is 6.09 Å². The first-order chi connectivity index (χ1) is 10.8. The van der Waals surface area contributed by atoms with E-state index in [-0.39, 0.29) is 11.9 Å². The first kappa shape index (κ1) is 19.0. The molecule has 0 radical (unpaired) electrons. The second-order valence-corrected chi connectivity index (χ2v) is 6.22. The molecule has 5 heteroatoms. The fraction of sp³-hybridized carbons (Fsp3) is 0.556. The van der Waals surface area contributed by atoms with Crippen molar-refractivity contribution in [3.63, 3.8) is 0 Å². The highest BCUT2D eigenvalue weighted by molar-refractivity contribution is 5.95. The molecule has 0 unspecified atom stereocenters. The number of hydrogen-bond donors (Lipinski definition) is 2. The lowest BCUT2D eigenvalue weighted by Gasteiger charge is -2.21. The molecule has 5 nitrogen and oxygen atoms in total. The molecule has 23 heavy (non-hydrogen) atoms. The second kappa shape index (κ2) is 9.18. The van der Waals surface area contributed by atoms with Gasteiger partial charge in [-0.3, -0.25) is 4.79 Å². The number of ether oxygens (including phenoxy) is 1. The van der Waals surface area contributed by atoms with Gasteiger partial charge in [0.15, 0.2) is 0 Å². The lowest BCUT2D eigenvalue weighted by molar-refractivity contribution is 0.0944. The highest BCUT2D eigenvalue weighted by Crippen LogP contribution is 2.11. The van der Waals surface area contributed by atoms with Crippen LogP contribution in [0, 0.1) is 19.8 Å². The number of aryl methyl sites for hydroxylation is 2. The maximum absolute atomic E-state index is 12.3. The molecule has 128 valence electrons. The molecule has 0 aliphatic carbocycles. The van der Waals surface area contributed by atoms with E-state index in [0.29, 0.717) is 24.6 Å². The Kier molecular flexibility index (Phi) is 7.59. The topological polar surface area (TPSA) is 67.4 Å². The molecule has 1 atom stereocenters. The van der Waals surface area contributed by atoms with Crippen LogP contribution >= 0.6 is 0 Å². The highest BCUT2D eigenvalue weighted by Gasteiger charge is 2.17. The smallest absolute Gasteiger partial charge is 0.407 e. The van der Waals surface area contributed by atoms with E-state index < -0.39 is 6.09 Å². The van der Waals surface area contributed by atoms with Crippen LogP contribution in [0.1, 0.15) is 48.7 Å². The van der Waals surface area contributed by atoms with Gasteiger partial charge in [-0.15, -0.1) is 0 Å². The van der Waals surface area contributed by atoms with Crippen LogP contribution in [0.4, 0.5) is 4.79 Å². The average Bonchev–Trinajstić information content (AvgIpc) is 2.44. The minimum absolute atomic E-state index is 0.123. The predicted octanol–water partition coefficient (Wildman–Crippen LogP) is 3.19. The van der Waals surface area contributed by atoms with Crippen LogP contribution in [0.3, 0.4) is 0 Å². The Bertz CT molecular complexity index is 541. The number of carbonyl (C=O) groups excluding carboxylic acids is 2. The van der Waals surface area contributed by atoms with E-state index in [1.54, 1.807) is 6.92 Å². The third kappa shape index (κ3) is 6.72. The molecule has 2 amide bonds. The lowest BCUT2D eigenvalue weighted by atomic mass is 10.0. The van der Waals surface area contributed by atoms with Crippen molar-refractivity contribution in [3.05, 3.63) is 34.9 Å². The lowest BCUT2D eigenvalue weighted by Crippen LogP contribution is -2.44.